The van der Waals surface area contributed by atoms with E-state index in [1.54, 1.807) is 26.8 Å². The number of methoxy groups -OCH3 is 1. The van der Waals surface area contributed by atoms with Gasteiger partial charge in [-0.05, 0) is 44.9 Å². The van der Waals surface area contributed by atoms with E-state index in [1.807, 2.05) is 0 Å². The molecule has 30 heavy (non-hydrogen) atoms. The Labute approximate surface area is 175 Å². The zero-order valence-electron chi connectivity index (χ0n) is 17.9. The number of hydrogen-bond acceptors (Lipinski definition) is 6. The number of nitrogens with one attached hydrogen (secondary N) is 2. The van der Waals surface area contributed by atoms with Gasteiger partial charge in [0.15, 0.2) is 0 Å². The Morgan fingerprint density at radius 1 is 1.10 bits per heavy atom. The predicted molar refractivity (Wildman–Crippen MR) is 107 cm³/mol. The minimum Gasteiger partial charge on any atom is -0.467 e. The van der Waals surface area contributed by atoms with E-state index < -0.39 is 47.3 Å². The largest absolute Gasteiger partial charge is 0.467 e. The molecule has 0 aliphatic carbocycles. The van der Waals surface area contributed by atoms with Gasteiger partial charge in [0, 0.05) is 19.8 Å². The average molecular weight is 424 g/mol. The maximum absolute atomic E-state index is 13.4. The minimum absolute atomic E-state index is 0.0170. The second-order valence-electron chi connectivity index (χ2n) is 7.80. The Balaban J connectivity index is 2.87. The van der Waals surface area contributed by atoms with Crippen LogP contribution < -0.4 is 10.6 Å². The lowest BCUT2D eigenvalue weighted by Gasteiger charge is -2.23. The summed E-state index contributed by atoms with van der Waals surface area (Å²) in [5, 5.41) is 4.99. The molecular formula is C21H29FN2O6. The average Bonchev–Trinajstić information content (AvgIpc) is 2.62. The fourth-order valence-electron chi connectivity index (χ4n) is 2.67. The molecule has 0 saturated carbocycles. The summed E-state index contributed by atoms with van der Waals surface area (Å²) in [6.45, 7) is 6.39. The van der Waals surface area contributed by atoms with Crippen LogP contribution in [-0.4, -0.2) is 48.5 Å². The molecule has 0 spiro atoms. The van der Waals surface area contributed by atoms with Crippen LogP contribution in [0.25, 0.3) is 0 Å². The number of halogens is 1. The molecule has 1 aromatic rings. The van der Waals surface area contributed by atoms with Gasteiger partial charge >= 0.3 is 11.9 Å². The van der Waals surface area contributed by atoms with Gasteiger partial charge < -0.3 is 20.1 Å². The van der Waals surface area contributed by atoms with Crippen molar-refractivity contribution < 1.29 is 33.0 Å². The molecule has 0 heterocycles. The summed E-state index contributed by atoms with van der Waals surface area (Å²) in [6, 6.07) is 3.47. The Kier molecular flexibility index (Phi) is 9.42. The van der Waals surface area contributed by atoms with E-state index in [1.165, 1.54) is 25.1 Å². The van der Waals surface area contributed by atoms with Crippen LogP contribution in [0.1, 0.15) is 46.1 Å². The van der Waals surface area contributed by atoms with E-state index in [2.05, 4.69) is 10.6 Å². The third-order valence-electron chi connectivity index (χ3n) is 3.88. The van der Waals surface area contributed by atoms with Crippen molar-refractivity contribution in [3.8, 4) is 0 Å². The van der Waals surface area contributed by atoms with Crippen molar-refractivity contribution in [2.75, 3.05) is 7.11 Å². The van der Waals surface area contributed by atoms with Gasteiger partial charge in [-0.15, -0.1) is 0 Å². The highest BCUT2D eigenvalue weighted by molar-refractivity contribution is 5.90. The second kappa shape index (κ2) is 11.3. The first-order valence-corrected chi connectivity index (χ1v) is 9.53. The summed E-state index contributed by atoms with van der Waals surface area (Å²) < 4.78 is 23.3. The van der Waals surface area contributed by atoms with Crippen molar-refractivity contribution in [2.24, 2.45) is 0 Å². The Hall–Kier alpha value is -2.97. The molecule has 2 amide bonds. The number of amides is 2. The van der Waals surface area contributed by atoms with Crippen molar-refractivity contribution in [3.63, 3.8) is 0 Å². The number of hydrogen-bond donors (Lipinski definition) is 2. The molecule has 2 N–H and O–H groups in total. The van der Waals surface area contributed by atoms with Crippen molar-refractivity contribution in [1.29, 1.82) is 0 Å². The first kappa shape index (κ1) is 25.1. The third kappa shape index (κ3) is 9.49. The highest BCUT2D eigenvalue weighted by Gasteiger charge is 2.28. The Morgan fingerprint density at radius 3 is 2.30 bits per heavy atom. The van der Waals surface area contributed by atoms with Crippen LogP contribution in [0, 0.1) is 5.82 Å². The van der Waals surface area contributed by atoms with Gasteiger partial charge in [-0.1, -0.05) is 12.1 Å². The zero-order chi connectivity index (χ0) is 22.9. The fraction of sp³-hybridized carbons (Fsp3) is 0.524. The number of carbonyl (C=O) groups excluding carboxylic acids is 4. The van der Waals surface area contributed by atoms with Gasteiger partial charge in [-0.2, -0.15) is 0 Å². The van der Waals surface area contributed by atoms with Crippen LogP contribution in [0.15, 0.2) is 24.3 Å². The van der Waals surface area contributed by atoms with E-state index in [4.69, 9.17) is 9.47 Å². The fourth-order valence-corrected chi connectivity index (χ4v) is 2.67. The quantitative estimate of drug-likeness (QED) is 0.583. The lowest BCUT2D eigenvalue weighted by molar-refractivity contribution is -0.155. The third-order valence-corrected chi connectivity index (χ3v) is 3.88. The molecule has 0 aliphatic heterocycles. The van der Waals surface area contributed by atoms with Gasteiger partial charge in [0.25, 0.3) is 0 Å². The lowest BCUT2D eigenvalue weighted by Crippen LogP contribution is -2.52. The van der Waals surface area contributed by atoms with Crippen LogP contribution in [0.2, 0.25) is 0 Å². The summed E-state index contributed by atoms with van der Waals surface area (Å²) >= 11 is 0. The van der Waals surface area contributed by atoms with Crippen LogP contribution in [0.3, 0.4) is 0 Å². The van der Waals surface area contributed by atoms with E-state index in [9.17, 15) is 23.6 Å². The van der Waals surface area contributed by atoms with Crippen LogP contribution >= 0.6 is 0 Å². The van der Waals surface area contributed by atoms with Crippen molar-refractivity contribution in [3.05, 3.63) is 35.6 Å². The van der Waals surface area contributed by atoms with Crippen LogP contribution in [0.5, 0.6) is 0 Å². The first-order valence-electron chi connectivity index (χ1n) is 9.53. The molecule has 0 saturated heterocycles. The standard InChI is InChI=1S/C21H29FN2O6/c1-13(25)23-17(12-14-7-6-8-15(22)11-14)19(27)24-16(20(28)29-5)9-10-18(26)30-21(2,3)4/h6-8,11,16-17H,9-10,12H2,1-5H3,(H,23,25)(H,24,27)/t16-,17-/m0/s1. The van der Waals surface area contributed by atoms with Crippen molar-refractivity contribution in [2.45, 2.75) is 64.6 Å². The normalized spacial score (nSPS) is 13.0. The molecule has 0 unspecified atom stereocenters. The number of carbonyl (C=O) groups is 4. The molecule has 0 aliphatic rings. The molecular weight excluding hydrogens is 395 g/mol. The summed E-state index contributed by atoms with van der Waals surface area (Å²) in [6.07, 6.45) is -0.144. The summed E-state index contributed by atoms with van der Waals surface area (Å²) in [5.74, 6) is -2.86. The predicted octanol–water partition coefficient (Wildman–Crippen LogP) is 1.65. The zero-order valence-corrected chi connectivity index (χ0v) is 17.9. The monoisotopic (exact) mass is 424 g/mol. The van der Waals surface area contributed by atoms with Crippen molar-refractivity contribution in [1.82, 2.24) is 10.6 Å². The molecule has 9 heteroatoms. The van der Waals surface area contributed by atoms with Crippen molar-refractivity contribution >= 4 is 23.8 Å². The SMILES string of the molecule is COC(=O)[C@H](CCC(=O)OC(C)(C)C)NC(=O)[C@H](Cc1cccc(F)c1)NC(C)=O. The number of rotatable bonds is 9. The highest BCUT2D eigenvalue weighted by atomic mass is 19.1. The topological polar surface area (TPSA) is 111 Å². The smallest absolute Gasteiger partial charge is 0.328 e. The van der Waals surface area contributed by atoms with Crippen LogP contribution in [0.4, 0.5) is 4.39 Å². The highest BCUT2D eigenvalue weighted by Crippen LogP contribution is 2.11. The Morgan fingerprint density at radius 2 is 1.77 bits per heavy atom. The van der Waals surface area contributed by atoms with Gasteiger partial charge in [-0.25, -0.2) is 9.18 Å². The molecule has 166 valence electrons. The maximum Gasteiger partial charge on any atom is 0.328 e. The molecule has 2 atom stereocenters. The molecule has 8 nitrogen and oxygen atoms in total. The number of esters is 2. The maximum atomic E-state index is 13.4. The van der Waals surface area contributed by atoms with Gasteiger partial charge in [0.2, 0.25) is 11.8 Å². The summed E-state index contributed by atoms with van der Waals surface area (Å²) in [5.41, 5.74) is -0.185. The Bertz CT molecular complexity index is 775. The molecule has 1 aromatic carbocycles. The van der Waals surface area contributed by atoms with E-state index in [0.717, 1.165) is 7.11 Å². The number of ether oxygens (including phenoxy) is 2. The molecule has 0 fully saturated rings. The van der Waals surface area contributed by atoms with Gasteiger partial charge in [-0.3, -0.25) is 14.4 Å². The van der Waals surface area contributed by atoms with Gasteiger partial charge in [0.05, 0.1) is 7.11 Å². The molecule has 0 aromatic heterocycles. The van der Waals surface area contributed by atoms with E-state index >= 15 is 0 Å². The number of benzene rings is 1. The summed E-state index contributed by atoms with van der Waals surface area (Å²) in [7, 11) is 1.16. The van der Waals surface area contributed by atoms with E-state index in [-0.39, 0.29) is 19.3 Å². The second-order valence-corrected chi connectivity index (χ2v) is 7.80. The lowest BCUT2D eigenvalue weighted by atomic mass is 10.0. The summed E-state index contributed by atoms with van der Waals surface area (Å²) in [4.78, 5) is 48.2. The van der Waals surface area contributed by atoms with Crippen LogP contribution in [-0.2, 0) is 35.1 Å². The molecule has 0 bridgehead atoms. The molecule has 1 rings (SSSR count). The van der Waals surface area contributed by atoms with E-state index in [0.29, 0.717) is 5.56 Å². The molecule has 0 radical (unpaired) electrons. The first-order chi connectivity index (χ1) is 13.9. The minimum atomic E-state index is -1.11. The van der Waals surface area contributed by atoms with Gasteiger partial charge in [0.1, 0.15) is 23.5 Å².